The van der Waals surface area contributed by atoms with E-state index in [-0.39, 0.29) is 5.69 Å². The predicted octanol–water partition coefficient (Wildman–Crippen LogP) is 3.86. The van der Waals surface area contributed by atoms with E-state index in [0.717, 1.165) is 12.1 Å². The van der Waals surface area contributed by atoms with Gasteiger partial charge in [0.25, 0.3) is 0 Å². The standard InChI is InChI=1S/C16H15ClF2N2O2/c1-9(15(22)10-2-4-11(17)5-3-10)20-16(23)21-14-7-6-12(18)8-13(14)19/h2-9,15,22H,1H3,(H2,20,21,23). The number of hydrogen-bond donors (Lipinski definition) is 3. The Kier molecular flexibility index (Phi) is 5.52. The molecular formula is C16H15ClF2N2O2. The maximum atomic E-state index is 13.5. The lowest BCUT2D eigenvalue weighted by Gasteiger charge is -2.21. The Hall–Kier alpha value is -2.18. The van der Waals surface area contributed by atoms with Crippen LogP contribution in [0.4, 0.5) is 19.3 Å². The summed E-state index contributed by atoms with van der Waals surface area (Å²) in [6.07, 6.45) is -0.962. The first kappa shape index (κ1) is 17.2. The number of benzene rings is 2. The molecule has 0 heterocycles. The van der Waals surface area contributed by atoms with Crippen molar-refractivity contribution in [2.75, 3.05) is 5.32 Å². The van der Waals surface area contributed by atoms with E-state index in [1.165, 1.54) is 0 Å². The normalized spacial score (nSPS) is 13.3. The highest BCUT2D eigenvalue weighted by molar-refractivity contribution is 6.30. The maximum Gasteiger partial charge on any atom is 0.319 e. The van der Waals surface area contributed by atoms with Gasteiger partial charge in [0.2, 0.25) is 0 Å². The van der Waals surface area contributed by atoms with E-state index in [9.17, 15) is 18.7 Å². The number of halogens is 3. The zero-order valence-electron chi connectivity index (χ0n) is 12.2. The summed E-state index contributed by atoms with van der Waals surface area (Å²) < 4.78 is 26.3. The summed E-state index contributed by atoms with van der Waals surface area (Å²) in [5.74, 6) is -1.62. The van der Waals surface area contributed by atoms with Crippen LogP contribution in [0.25, 0.3) is 0 Å². The van der Waals surface area contributed by atoms with Crippen LogP contribution in [-0.4, -0.2) is 17.2 Å². The Morgan fingerprint density at radius 3 is 2.43 bits per heavy atom. The Balaban J connectivity index is 1.97. The molecule has 2 rings (SSSR count). The number of rotatable bonds is 4. The lowest BCUT2D eigenvalue weighted by atomic mass is 10.0. The van der Waals surface area contributed by atoms with Crippen molar-refractivity contribution in [1.82, 2.24) is 5.32 Å². The molecule has 3 N–H and O–H groups in total. The minimum atomic E-state index is -0.962. The number of aliphatic hydroxyl groups excluding tert-OH is 1. The fourth-order valence-corrected chi connectivity index (χ4v) is 2.11. The summed E-state index contributed by atoms with van der Waals surface area (Å²) in [6, 6.07) is 8.00. The third-order valence-electron chi connectivity index (χ3n) is 3.22. The van der Waals surface area contributed by atoms with Crippen LogP contribution in [-0.2, 0) is 0 Å². The molecule has 2 atom stereocenters. The minimum absolute atomic E-state index is 0.155. The van der Waals surface area contributed by atoms with Crippen molar-refractivity contribution in [3.05, 3.63) is 64.7 Å². The second-order valence-corrected chi connectivity index (χ2v) is 5.44. The highest BCUT2D eigenvalue weighted by atomic mass is 35.5. The third kappa shape index (κ3) is 4.64. The highest BCUT2D eigenvalue weighted by Crippen LogP contribution is 2.20. The van der Waals surface area contributed by atoms with Gasteiger partial charge in [-0.2, -0.15) is 0 Å². The van der Waals surface area contributed by atoms with E-state index in [1.54, 1.807) is 31.2 Å². The molecule has 0 saturated carbocycles. The number of anilines is 1. The van der Waals surface area contributed by atoms with Crippen molar-refractivity contribution in [3.63, 3.8) is 0 Å². The van der Waals surface area contributed by atoms with Gasteiger partial charge in [0.15, 0.2) is 0 Å². The molecule has 2 aromatic carbocycles. The molecule has 0 aromatic heterocycles. The van der Waals surface area contributed by atoms with E-state index in [0.29, 0.717) is 16.7 Å². The Bertz CT molecular complexity index is 695. The van der Waals surface area contributed by atoms with Gasteiger partial charge < -0.3 is 15.7 Å². The molecule has 0 aliphatic carbocycles. The Morgan fingerprint density at radius 1 is 1.17 bits per heavy atom. The van der Waals surface area contributed by atoms with Crippen LogP contribution in [0.5, 0.6) is 0 Å². The van der Waals surface area contributed by atoms with E-state index < -0.39 is 29.8 Å². The summed E-state index contributed by atoms with van der Waals surface area (Å²) in [7, 11) is 0. The SMILES string of the molecule is CC(NC(=O)Nc1ccc(F)cc1F)C(O)c1ccc(Cl)cc1. The van der Waals surface area contributed by atoms with Crippen molar-refractivity contribution < 1.29 is 18.7 Å². The molecule has 2 aromatic rings. The first-order valence-corrected chi connectivity index (χ1v) is 7.20. The summed E-state index contributed by atoms with van der Waals surface area (Å²) in [4.78, 5) is 11.8. The molecule has 0 aliphatic heterocycles. The van der Waals surface area contributed by atoms with E-state index in [4.69, 9.17) is 11.6 Å². The van der Waals surface area contributed by atoms with Crippen molar-refractivity contribution >= 4 is 23.3 Å². The summed E-state index contributed by atoms with van der Waals surface area (Å²) in [5.41, 5.74) is 0.423. The van der Waals surface area contributed by atoms with Gasteiger partial charge in [0.1, 0.15) is 11.6 Å². The van der Waals surface area contributed by atoms with Gasteiger partial charge in [0.05, 0.1) is 17.8 Å². The van der Waals surface area contributed by atoms with Crippen LogP contribution in [0.15, 0.2) is 42.5 Å². The minimum Gasteiger partial charge on any atom is -0.386 e. The number of nitrogens with one attached hydrogen (secondary N) is 2. The maximum absolute atomic E-state index is 13.5. The van der Waals surface area contributed by atoms with Crippen molar-refractivity contribution in [2.45, 2.75) is 19.1 Å². The van der Waals surface area contributed by atoms with Crippen LogP contribution in [0.3, 0.4) is 0 Å². The van der Waals surface area contributed by atoms with E-state index in [1.807, 2.05) is 0 Å². The largest absolute Gasteiger partial charge is 0.386 e. The Labute approximate surface area is 137 Å². The summed E-state index contributed by atoms with van der Waals surface area (Å²) >= 11 is 5.77. The smallest absolute Gasteiger partial charge is 0.319 e. The van der Waals surface area contributed by atoms with Gasteiger partial charge in [-0.1, -0.05) is 23.7 Å². The third-order valence-corrected chi connectivity index (χ3v) is 3.48. The van der Waals surface area contributed by atoms with Gasteiger partial charge in [-0.15, -0.1) is 0 Å². The molecule has 0 spiro atoms. The van der Waals surface area contributed by atoms with Gasteiger partial charge in [0, 0.05) is 11.1 Å². The monoisotopic (exact) mass is 340 g/mol. The van der Waals surface area contributed by atoms with E-state index >= 15 is 0 Å². The molecule has 2 amide bonds. The average Bonchev–Trinajstić information content (AvgIpc) is 2.50. The number of urea groups is 1. The second-order valence-electron chi connectivity index (χ2n) is 5.01. The average molecular weight is 341 g/mol. The molecule has 7 heteroatoms. The molecule has 0 bridgehead atoms. The number of hydrogen-bond acceptors (Lipinski definition) is 2. The fraction of sp³-hybridized carbons (Fsp3) is 0.188. The van der Waals surface area contributed by atoms with Crippen molar-refractivity contribution in [1.29, 1.82) is 0 Å². The molecule has 0 radical (unpaired) electrons. The molecule has 0 aliphatic rings. The first-order chi connectivity index (χ1) is 10.9. The van der Waals surface area contributed by atoms with E-state index in [2.05, 4.69) is 10.6 Å². The molecule has 2 unspecified atom stereocenters. The van der Waals surface area contributed by atoms with Crippen molar-refractivity contribution in [3.8, 4) is 0 Å². The zero-order chi connectivity index (χ0) is 17.0. The van der Waals surface area contributed by atoms with Crippen LogP contribution in [0.1, 0.15) is 18.6 Å². The van der Waals surface area contributed by atoms with Gasteiger partial charge in [-0.05, 0) is 36.8 Å². The molecule has 122 valence electrons. The summed E-state index contributed by atoms with van der Waals surface area (Å²) in [5, 5.41) is 15.5. The first-order valence-electron chi connectivity index (χ1n) is 6.83. The van der Waals surface area contributed by atoms with Gasteiger partial charge in [-0.25, -0.2) is 13.6 Å². The Morgan fingerprint density at radius 2 is 1.83 bits per heavy atom. The van der Waals surface area contributed by atoms with Gasteiger partial charge in [-0.3, -0.25) is 0 Å². The topological polar surface area (TPSA) is 61.4 Å². The number of carbonyl (C=O) groups is 1. The molecule has 23 heavy (non-hydrogen) atoms. The van der Waals surface area contributed by atoms with Crippen LogP contribution in [0.2, 0.25) is 5.02 Å². The molecule has 0 fully saturated rings. The fourth-order valence-electron chi connectivity index (χ4n) is 1.98. The van der Waals surface area contributed by atoms with Crippen molar-refractivity contribution in [2.24, 2.45) is 0 Å². The highest BCUT2D eigenvalue weighted by Gasteiger charge is 2.19. The lowest BCUT2D eigenvalue weighted by Crippen LogP contribution is -2.39. The molecule has 0 saturated heterocycles. The number of amides is 2. The van der Waals surface area contributed by atoms with Crippen LogP contribution < -0.4 is 10.6 Å². The second kappa shape index (κ2) is 7.39. The van der Waals surface area contributed by atoms with Crippen LogP contribution >= 0.6 is 11.6 Å². The zero-order valence-corrected chi connectivity index (χ0v) is 12.9. The lowest BCUT2D eigenvalue weighted by molar-refractivity contribution is 0.139. The van der Waals surface area contributed by atoms with Crippen LogP contribution in [0, 0.1) is 11.6 Å². The molecule has 4 nitrogen and oxygen atoms in total. The van der Waals surface area contributed by atoms with Gasteiger partial charge >= 0.3 is 6.03 Å². The predicted molar refractivity (Wildman–Crippen MR) is 84.4 cm³/mol. The number of aliphatic hydroxyl groups is 1. The molecular weight excluding hydrogens is 326 g/mol. The number of carbonyl (C=O) groups excluding carboxylic acids is 1. The summed E-state index contributed by atoms with van der Waals surface area (Å²) in [6.45, 7) is 1.60. The quantitative estimate of drug-likeness (QED) is 0.791.